The minimum Gasteiger partial charge on any atom is -0.321 e. The van der Waals surface area contributed by atoms with Gasteiger partial charge in [0.2, 0.25) is 5.95 Å². The number of hydrogen-bond acceptors (Lipinski definition) is 6. The van der Waals surface area contributed by atoms with Crippen molar-refractivity contribution < 1.29 is 13.2 Å². The van der Waals surface area contributed by atoms with E-state index in [-0.39, 0.29) is 16.8 Å². The van der Waals surface area contributed by atoms with Gasteiger partial charge in [0.25, 0.3) is 15.9 Å². The first-order chi connectivity index (χ1) is 15.9. The van der Waals surface area contributed by atoms with E-state index in [1.54, 1.807) is 6.07 Å². The summed E-state index contributed by atoms with van der Waals surface area (Å²) < 4.78 is 28.2. The maximum absolute atomic E-state index is 12.9. The average Bonchev–Trinajstić information content (AvgIpc) is 3.17. The number of benzene rings is 3. The normalized spacial score (nSPS) is 11.5. The highest BCUT2D eigenvalue weighted by atomic mass is 35.5. The van der Waals surface area contributed by atoms with E-state index in [0.717, 1.165) is 20.9 Å². The third kappa shape index (κ3) is 4.13. The summed E-state index contributed by atoms with van der Waals surface area (Å²) in [6.07, 6.45) is 2.87. The molecule has 5 rings (SSSR count). The van der Waals surface area contributed by atoms with Crippen molar-refractivity contribution in [3.63, 3.8) is 0 Å². The maximum Gasteiger partial charge on any atom is 0.267 e. The molecule has 0 saturated heterocycles. The van der Waals surface area contributed by atoms with Gasteiger partial charge in [0, 0.05) is 28.2 Å². The van der Waals surface area contributed by atoms with Crippen molar-refractivity contribution in [2.24, 2.45) is 0 Å². The van der Waals surface area contributed by atoms with Crippen LogP contribution in [0.15, 0.2) is 84.0 Å². The molecule has 5 aromatic rings. The van der Waals surface area contributed by atoms with E-state index in [9.17, 15) is 13.2 Å². The molecule has 0 bridgehead atoms. The lowest BCUT2D eigenvalue weighted by Crippen LogP contribution is -2.15. The molecule has 0 unspecified atom stereocenters. The first-order valence-corrected chi connectivity index (χ1v) is 12.4. The highest BCUT2D eigenvalue weighted by molar-refractivity contribution is 7.92. The number of aromatic nitrogens is 2. The molecule has 0 aliphatic rings. The molecule has 0 spiro atoms. The summed E-state index contributed by atoms with van der Waals surface area (Å²) in [6, 6.07) is 19.2. The number of amides is 1. The first kappa shape index (κ1) is 21.3. The summed E-state index contributed by atoms with van der Waals surface area (Å²) in [7, 11) is -3.86. The number of nitrogens with one attached hydrogen (secondary N) is 2. The van der Waals surface area contributed by atoms with Crippen molar-refractivity contribution >= 4 is 71.4 Å². The number of nitrogens with zero attached hydrogens (tertiary/aromatic N) is 2. The van der Waals surface area contributed by atoms with E-state index in [2.05, 4.69) is 20.0 Å². The average molecular weight is 495 g/mol. The third-order valence-corrected chi connectivity index (χ3v) is 7.93. The van der Waals surface area contributed by atoms with Crippen molar-refractivity contribution in [3.8, 4) is 0 Å². The number of rotatable bonds is 5. The monoisotopic (exact) mass is 494 g/mol. The van der Waals surface area contributed by atoms with Gasteiger partial charge in [0.1, 0.15) is 4.88 Å². The minimum atomic E-state index is -3.86. The molecule has 0 fully saturated rings. The number of sulfonamides is 1. The molecule has 1 amide bonds. The Morgan fingerprint density at radius 3 is 2.39 bits per heavy atom. The number of hydrogen-bond donors (Lipinski definition) is 2. The van der Waals surface area contributed by atoms with Gasteiger partial charge in [-0.3, -0.25) is 4.79 Å². The van der Waals surface area contributed by atoms with Crippen LogP contribution in [0.25, 0.3) is 20.9 Å². The third-order valence-electron chi connectivity index (χ3n) is 4.94. The van der Waals surface area contributed by atoms with E-state index in [1.807, 2.05) is 36.4 Å². The summed E-state index contributed by atoms with van der Waals surface area (Å²) in [5.74, 6) is -0.390. The van der Waals surface area contributed by atoms with E-state index < -0.39 is 10.0 Å². The Labute approximate surface area is 198 Å². The van der Waals surface area contributed by atoms with Crippen molar-refractivity contribution in [2.75, 3.05) is 10.0 Å². The molecule has 3 aromatic carbocycles. The molecule has 0 aliphatic heterocycles. The Hall–Kier alpha value is -3.53. The Balaban J connectivity index is 1.39. The standard InChI is InChI=1S/C23H15ClN4O3S2/c24-20-19-17-5-2-1-4-14(17)6-11-18(19)32-21(20)22(29)27-15-7-9-16(10-8-15)33(30,31)28-23-25-12-3-13-26-23/h1-13H,(H,27,29)(H,25,26,28). The largest absolute Gasteiger partial charge is 0.321 e. The Kier molecular flexibility index (Phi) is 5.45. The van der Waals surface area contributed by atoms with Gasteiger partial charge in [0.05, 0.1) is 9.92 Å². The number of halogens is 1. The Morgan fingerprint density at radius 1 is 0.909 bits per heavy atom. The summed E-state index contributed by atoms with van der Waals surface area (Å²) >= 11 is 7.92. The van der Waals surface area contributed by atoms with E-state index in [1.165, 1.54) is 48.0 Å². The smallest absolute Gasteiger partial charge is 0.267 e. The second-order valence-electron chi connectivity index (χ2n) is 7.06. The molecule has 2 aromatic heterocycles. The molecule has 2 heterocycles. The minimum absolute atomic E-state index is 0.0133. The molecule has 0 aliphatic carbocycles. The highest BCUT2D eigenvalue weighted by Crippen LogP contribution is 2.40. The van der Waals surface area contributed by atoms with Gasteiger partial charge >= 0.3 is 0 Å². The molecular weight excluding hydrogens is 480 g/mol. The zero-order valence-electron chi connectivity index (χ0n) is 16.8. The second kappa shape index (κ2) is 8.43. The Bertz CT molecular complexity index is 1600. The lowest BCUT2D eigenvalue weighted by molar-refractivity contribution is 0.103. The van der Waals surface area contributed by atoms with Crippen LogP contribution in [-0.2, 0) is 10.0 Å². The van der Waals surface area contributed by atoms with Crippen molar-refractivity contribution in [3.05, 3.63) is 89.0 Å². The summed E-state index contributed by atoms with van der Waals surface area (Å²) in [6.45, 7) is 0. The number of thiophene rings is 1. The van der Waals surface area contributed by atoms with Gasteiger partial charge in [-0.1, -0.05) is 41.9 Å². The van der Waals surface area contributed by atoms with Crippen LogP contribution in [0.5, 0.6) is 0 Å². The second-order valence-corrected chi connectivity index (χ2v) is 10.2. The fourth-order valence-corrected chi connectivity index (χ4v) is 5.84. The summed E-state index contributed by atoms with van der Waals surface area (Å²) in [4.78, 5) is 21.0. The topological polar surface area (TPSA) is 101 Å². The van der Waals surface area contributed by atoms with Gasteiger partial charge in [-0.05, 0) is 47.2 Å². The molecule has 164 valence electrons. The summed E-state index contributed by atoms with van der Waals surface area (Å²) in [5, 5.41) is 6.06. The Morgan fingerprint density at radius 2 is 1.64 bits per heavy atom. The highest BCUT2D eigenvalue weighted by Gasteiger charge is 2.20. The summed E-state index contributed by atoms with van der Waals surface area (Å²) in [5.41, 5.74) is 0.438. The zero-order valence-corrected chi connectivity index (χ0v) is 19.2. The SMILES string of the molecule is O=C(Nc1ccc(S(=O)(=O)Nc2ncccn2)cc1)c1sc2ccc3ccccc3c2c1Cl. The number of carbonyl (C=O) groups excluding carboxylic acids is 1. The lowest BCUT2D eigenvalue weighted by Gasteiger charge is -2.08. The predicted octanol–water partition coefficient (Wildman–Crippen LogP) is 5.55. The van der Waals surface area contributed by atoms with Crippen molar-refractivity contribution in [1.82, 2.24) is 9.97 Å². The quantitative estimate of drug-likeness (QED) is 0.333. The van der Waals surface area contributed by atoms with Crippen LogP contribution in [0.1, 0.15) is 9.67 Å². The van der Waals surface area contributed by atoms with Crippen molar-refractivity contribution in [1.29, 1.82) is 0 Å². The fraction of sp³-hybridized carbons (Fsp3) is 0. The van der Waals surface area contributed by atoms with E-state index in [4.69, 9.17) is 11.6 Å². The van der Waals surface area contributed by atoms with E-state index >= 15 is 0 Å². The maximum atomic E-state index is 12.9. The van der Waals surface area contributed by atoms with Crippen LogP contribution < -0.4 is 10.0 Å². The van der Waals surface area contributed by atoms with E-state index in [0.29, 0.717) is 15.6 Å². The lowest BCUT2D eigenvalue weighted by atomic mass is 10.1. The molecule has 0 radical (unpaired) electrons. The molecule has 7 nitrogen and oxygen atoms in total. The van der Waals surface area contributed by atoms with Gasteiger partial charge in [0.15, 0.2) is 0 Å². The van der Waals surface area contributed by atoms with Crippen LogP contribution >= 0.6 is 22.9 Å². The van der Waals surface area contributed by atoms with Gasteiger partial charge < -0.3 is 5.32 Å². The fourth-order valence-electron chi connectivity index (χ4n) is 3.41. The van der Waals surface area contributed by atoms with Gasteiger partial charge in [-0.2, -0.15) is 0 Å². The van der Waals surface area contributed by atoms with Crippen LogP contribution in [0, 0.1) is 0 Å². The van der Waals surface area contributed by atoms with Crippen LogP contribution in [-0.4, -0.2) is 24.3 Å². The molecule has 10 heteroatoms. The molecule has 0 atom stereocenters. The van der Waals surface area contributed by atoms with Crippen LogP contribution in [0.4, 0.5) is 11.6 Å². The molecular formula is C23H15ClN4O3S2. The molecule has 0 saturated carbocycles. The van der Waals surface area contributed by atoms with Gasteiger partial charge in [-0.25, -0.2) is 23.1 Å². The predicted molar refractivity (Wildman–Crippen MR) is 132 cm³/mol. The number of anilines is 2. The first-order valence-electron chi connectivity index (χ1n) is 9.73. The molecule has 2 N–H and O–H groups in total. The number of fused-ring (bicyclic) bond motifs is 3. The van der Waals surface area contributed by atoms with Crippen molar-refractivity contribution in [2.45, 2.75) is 4.90 Å². The zero-order chi connectivity index (χ0) is 23.0. The van der Waals surface area contributed by atoms with Crippen LogP contribution in [0.2, 0.25) is 5.02 Å². The molecule has 33 heavy (non-hydrogen) atoms. The van der Waals surface area contributed by atoms with Gasteiger partial charge in [-0.15, -0.1) is 11.3 Å². The number of carbonyl (C=O) groups is 1. The van der Waals surface area contributed by atoms with Crippen LogP contribution in [0.3, 0.4) is 0 Å².